The van der Waals surface area contributed by atoms with E-state index in [1.807, 2.05) is 36.0 Å². The van der Waals surface area contributed by atoms with Crippen molar-refractivity contribution in [3.63, 3.8) is 0 Å². The molecule has 0 fully saturated rings. The lowest BCUT2D eigenvalue weighted by atomic mass is 10.0. The van der Waals surface area contributed by atoms with Crippen molar-refractivity contribution in [3.8, 4) is 0 Å². The summed E-state index contributed by atoms with van der Waals surface area (Å²) >= 11 is 1.83. The number of benzene rings is 2. The third-order valence-electron chi connectivity index (χ3n) is 4.26. The molecule has 0 spiro atoms. The molecule has 3 rings (SSSR count). The van der Waals surface area contributed by atoms with Crippen LogP contribution in [0.1, 0.15) is 33.9 Å². The summed E-state index contributed by atoms with van der Waals surface area (Å²) in [4.78, 5) is 13.8. The summed E-state index contributed by atoms with van der Waals surface area (Å²) in [5.74, 6) is 0.909. The number of hydrogen-bond acceptors (Lipinski definition) is 4. The molecule has 1 heterocycles. The van der Waals surface area contributed by atoms with Crippen molar-refractivity contribution in [1.29, 1.82) is 0 Å². The molecule has 2 N–H and O–H groups in total. The molecule has 0 saturated carbocycles. The van der Waals surface area contributed by atoms with Gasteiger partial charge in [-0.15, -0.1) is 11.8 Å². The molecule has 2 aromatic carbocycles. The van der Waals surface area contributed by atoms with Crippen LogP contribution in [-0.2, 0) is 16.4 Å². The van der Waals surface area contributed by atoms with Gasteiger partial charge < -0.3 is 5.32 Å². The van der Waals surface area contributed by atoms with Crippen LogP contribution < -0.4 is 10.0 Å². The van der Waals surface area contributed by atoms with Crippen LogP contribution in [0.25, 0.3) is 0 Å². The summed E-state index contributed by atoms with van der Waals surface area (Å²) in [5.41, 5.74) is 2.78. The maximum atomic E-state index is 12.6. The Hall–Kier alpha value is -1.83. The molecule has 1 aliphatic rings. The Balaban J connectivity index is 1.61. The van der Waals surface area contributed by atoms with Gasteiger partial charge in [0.1, 0.15) is 0 Å². The monoisotopic (exact) mass is 390 g/mol. The molecule has 2 aromatic rings. The van der Waals surface area contributed by atoms with E-state index in [1.165, 1.54) is 10.5 Å². The Morgan fingerprint density at radius 2 is 1.88 bits per heavy atom. The molecule has 0 aromatic heterocycles. The molecule has 1 amide bonds. The van der Waals surface area contributed by atoms with E-state index in [-0.39, 0.29) is 11.9 Å². The summed E-state index contributed by atoms with van der Waals surface area (Å²) in [6.45, 7) is 0.348. The first-order valence-corrected chi connectivity index (χ1v) is 11.4. The Morgan fingerprint density at radius 3 is 2.62 bits per heavy atom. The smallest absolute Gasteiger partial charge is 0.251 e. The number of carbonyl (C=O) groups is 1. The van der Waals surface area contributed by atoms with Gasteiger partial charge in [-0.05, 0) is 42.2 Å². The van der Waals surface area contributed by atoms with Gasteiger partial charge in [-0.2, -0.15) is 0 Å². The average Bonchev–Trinajstić information content (AvgIpc) is 2.61. The van der Waals surface area contributed by atoms with Gasteiger partial charge in [-0.1, -0.05) is 30.3 Å². The molecule has 0 unspecified atom stereocenters. The standard InChI is InChI=1S/C19H22N2O3S2/c1-26(23,24)20-12-10-14-6-8-15(9-7-14)19(22)21-17-11-13-25-18-5-3-2-4-16(17)18/h2-9,17,20H,10-13H2,1H3,(H,21,22)/t17-/m1/s1. The summed E-state index contributed by atoms with van der Waals surface area (Å²) in [6, 6.07) is 15.5. The van der Waals surface area contributed by atoms with Crippen LogP contribution in [0.5, 0.6) is 0 Å². The molecule has 26 heavy (non-hydrogen) atoms. The van der Waals surface area contributed by atoms with E-state index in [0.717, 1.165) is 24.0 Å². The van der Waals surface area contributed by atoms with E-state index in [0.29, 0.717) is 18.5 Å². The van der Waals surface area contributed by atoms with Gasteiger partial charge in [0, 0.05) is 22.8 Å². The predicted octanol–water partition coefficient (Wildman–Crippen LogP) is 2.75. The minimum Gasteiger partial charge on any atom is -0.345 e. The SMILES string of the molecule is CS(=O)(=O)NCCc1ccc(C(=O)N[C@@H]2CCSc3ccccc32)cc1. The zero-order valence-corrected chi connectivity index (χ0v) is 16.2. The van der Waals surface area contributed by atoms with Gasteiger partial charge >= 0.3 is 0 Å². The Morgan fingerprint density at radius 1 is 1.15 bits per heavy atom. The molecule has 0 aliphatic carbocycles. The van der Waals surface area contributed by atoms with Crippen LogP contribution >= 0.6 is 11.8 Å². The van der Waals surface area contributed by atoms with Crippen molar-refractivity contribution in [2.75, 3.05) is 18.6 Å². The van der Waals surface area contributed by atoms with Crippen LogP contribution in [0, 0.1) is 0 Å². The lowest BCUT2D eigenvalue weighted by Crippen LogP contribution is -2.30. The Kier molecular flexibility index (Phi) is 6.01. The fraction of sp³-hybridized carbons (Fsp3) is 0.316. The van der Waals surface area contributed by atoms with Gasteiger partial charge in [0.15, 0.2) is 0 Å². The predicted molar refractivity (Wildman–Crippen MR) is 105 cm³/mol. The van der Waals surface area contributed by atoms with Crippen LogP contribution in [0.15, 0.2) is 53.4 Å². The number of hydrogen-bond donors (Lipinski definition) is 2. The zero-order chi connectivity index (χ0) is 18.6. The molecule has 5 nitrogen and oxygen atoms in total. The molecule has 138 valence electrons. The van der Waals surface area contributed by atoms with E-state index < -0.39 is 10.0 Å². The third kappa shape index (κ3) is 5.09. The Labute approximate surface area is 158 Å². The first-order chi connectivity index (χ1) is 12.4. The van der Waals surface area contributed by atoms with Crippen molar-refractivity contribution in [2.24, 2.45) is 0 Å². The number of sulfonamides is 1. The molecular formula is C19H22N2O3S2. The van der Waals surface area contributed by atoms with Gasteiger partial charge in [0.05, 0.1) is 12.3 Å². The number of thioether (sulfide) groups is 1. The summed E-state index contributed by atoms with van der Waals surface area (Å²) < 4.78 is 24.6. The number of carbonyl (C=O) groups excluding carboxylic acids is 1. The molecule has 1 aliphatic heterocycles. The minimum absolute atomic E-state index is 0.0404. The van der Waals surface area contributed by atoms with E-state index in [1.54, 1.807) is 12.1 Å². The molecule has 7 heteroatoms. The maximum absolute atomic E-state index is 12.6. The zero-order valence-electron chi connectivity index (χ0n) is 14.6. The van der Waals surface area contributed by atoms with Crippen molar-refractivity contribution in [2.45, 2.75) is 23.8 Å². The van der Waals surface area contributed by atoms with Crippen LogP contribution in [-0.4, -0.2) is 32.9 Å². The van der Waals surface area contributed by atoms with Crippen molar-refractivity contribution in [1.82, 2.24) is 10.0 Å². The highest BCUT2D eigenvalue weighted by molar-refractivity contribution is 7.99. The quantitative estimate of drug-likeness (QED) is 0.795. The number of rotatable bonds is 6. The Bertz CT molecular complexity index is 880. The fourth-order valence-electron chi connectivity index (χ4n) is 2.94. The van der Waals surface area contributed by atoms with Crippen molar-refractivity contribution < 1.29 is 13.2 Å². The van der Waals surface area contributed by atoms with Gasteiger partial charge in [-0.3, -0.25) is 4.79 Å². The average molecular weight is 391 g/mol. The van der Waals surface area contributed by atoms with E-state index in [9.17, 15) is 13.2 Å². The second kappa shape index (κ2) is 8.24. The molecule has 0 radical (unpaired) electrons. The van der Waals surface area contributed by atoms with E-state index in [2.05, 4.69) is 22.2 Å². The molecule has 0 saturated heterocycles. The second-order valence-electron chi connectivity index (χ2n) is 6.31. The number of amides is 1. The minimum atomic E-state index is -3.17. The van der Waals surface area contributed by atoms with Crippen LogP contribution in [0.3, 0.4) is 0 Å². The topological polar surface area (TPSA) is 75.3 Å². The lowest BCUT2D eigenvalue weighted by Gasteiger charge is -2.25. The number of fused-ring (bicyclic) bond motifs is 1. The van der Waals surface area contributed by atoms with Gasteiger partial charge in [0.2, 0.25) is 10.0 Å². The molecular weight excluding hydrogens is 368 g/mol. The maximum Gasteiger partial charge on any atom is 0.251 e. The van der Waals surface area contributed by atoms with Gasteiger partial charge in [-0.25, -0.2) is 13.1 Å². The normalized spacial score (nSPS) is 16.7. The van der Waals surface area contributed by atoms with Crippen LogP contribution in [0.2, 0.25) is 0 Å². The highest BCUT2D eigenvalue weighted by atomic mass is 32.2. The fourth-order valence-corrected chi connectivity index (χ4v) is 4.54. The third-order valence-corrected chi connectivity index (χ3v) is 6.11. The van der Waals surface area contributed by atoms with Crippen molar-refractivity contribution in [3.05, 3.63) is 65.2 Å². The summed E-state index contributed by atoms with van der Waals surface area (Å²) in [5, 5.41) is 3.13. The highest BCUT2D eigenvalue weighted by Gasteiger charge is 2.22. The van der Waals surface area contributed by atoms with E-state index in [4.69, 9.17) is 0 Å². The van der Waals surface area contributed by atoms with Crippen LogP contribution in [0.4, 0.5) is 0 Å². The van der Waals surface area contributed by atoms with Crippen molar-refractivity contribution >= 4 is 27.7 Å². The number of nitrogens with one attached hydrogen (secondary N) is 2. The van der Waals surface area contributed by atoms with E-state index >= 15 is 0 Å². The summed E-state index contributed by atoms with van der Waals surface area (Å²) in [6.07, 6.45) is 2.65. The molecule has 1 atom stereocenters. The highest BCUT2D eigenvalue weighted by Crippen LogP contribution is 2.35. The summed E-state index contributed by atoms with van der Waals surface area (Å²) in [7, 11) is -3.17. The first-order valence-electron chi connectivity index (χ1n) is 8.48. The van der Waals surface area contributed by atoms with Gasteiger partial charge in [0.25, 0.3) is 5.91 Å². The second-order valence-corrected chi connectivity index (χ2v) is 9.28. The lowest BCUT2D eigenvalue weighted by molar-refractivity contribution is 0.0935. The molecule has 0 bridgehead atoms. The largest absolute Gasteiger partial charge is 0.345 e. The first kappa shape index (κ1) is 18.9.